The lowest BCUT2D eigenvalue weighted by Gasteiger charge is -2.05. The number of amides is 1. The third-order valence-electron chi connectivity index (χ3n) is 1.63. The summed E-state index contributed by atoms with van der Waals surface area (Å²) < 4.78 is 0. The zero-order valence-corrected chi connectivity index (χ0v) is 6.30. The zero-order chi connectivity index (χ0) is 7.84. The maximum Gasteiger partial charge on any atom is 0.253 e. The summed E-state index contributed by atoms with van der Waals surface area (Å²) in [6.45, 7) is 0. The number of carbonyl (C=O) groups is 1. The molecule has 56 valence electrons. The lowest BCUT2D eigenvalue weighted by molar-refractivity contribution is -0.121. The molecule has 1 amide bonds. The summed E-state index contributed by atoms with van der Waals surface area (Å²) in [5.41, 5.74) is 3.07. The molecule has 0 saturated carbocycles. The van der Waals surface area contributed by atoms with Crippen molar-refractivity contribution in [3.8, 4) is 0 Å². The van der Waals surface area contributed by atoms with Gasteiger partial charge in [-0.05, 0) is 12.2 Å². The minimum absolute atomic E-state index is 0.0864. The van der Waals surface area contributed by atoms with Gasteiger partial charge in [-0.1, -0.05) is 17.7 Å². The van der Waals surface area contributed by atoms with Crippen LogP contribution in [-0.4, -0.2) is 11.6 Å². The molecule has 1 unspecified atom stereocenters. The highest BCUT2D eigenvalue weighted by atomic mass is 35.5. The summed E-state index contributed by atoms with van der Waals surface area (Å²) in [5, 5.41) is 4.40. The number of rotatable bonds is 0. The van der Waals surface area contributed by atoms with Gasteiger partial charge in [0.2, 0.25) is 0 Å². The van der Waals surface area contributed by atoms with Crippen molar-refractivity contribution in [1.82, 2.24) is 5.43 Å². The maximum atomic E-state index is 11.0. The Morgan fingerprint density at radius 3 is 3.27 bits per heavy atom. The van der Waals surface area contributed by atoms with Gasteiger partial charge < -0.3 is 0 Å². The molecule has 2 rings (SSSR count). The minimum Gasteiger partial charge on any atom is -0.272 e. The number of hydrogen-bond acceptors (Lipinski definition) is 2. The molecule has 4 heteroatoms. The maximum absolute atomic E-state index is 11.0. The summed E-state index contributed by atoms with van der Waals surface area (Å²) in [6, 6.07) is 0. The first-order chi connectivity index (χ1) is 5.27. The van der Waals surface area contributed by atoms with Crippen molar-refractivity contribution < 1.29 is 4.79 Å². The Kier molecular flexibility index (Phi) is 1.32. The number of carbonyl (C=O) groups excluding carboxylic acids is 1. The molecule has 11 heavy (non-hydrogen) atoms. The van der Waals surface area contributed by atoms with Gasteiger partial charge in [0, 0.05) is 5.03 Å². The molecule has 1 heterocycles. The van der Waals surface area contributed by atoms with Crippen molar-refractivity contribution in [3.63, 3.8) is 0 Å². The molecular formula is C7H5ClN2O. The number of halogens is 1. The Morgan fingerprint density at radius 1 is 1.64 bits per heavy atom. The molecule has 0 fully saturated rings. The van der Waals surface area contributed by atoms with Gasteiger partial charge in [-0.2, -0.15) is 5.10 Å². The van der Waals surface area contributed by atoms with E-state index in [0.29, 0.717) is 10.7 Å². The van der Waals surface area contributed by atoms with Crippen molar-refractivity contribution in [1.29, 1.82) is 0 Å². The number of allylic oxidation sites excluding steroid dienone is 3. The summed E-state index contributed by atoms with van der Waals surface area (Å²) >= 11 is 5.69. The van der Waals surface area contributed by atoms with Crippen LogP contribution in [0.15, 0.2) is 28.4 Å². The van der Waals surface area contributed by atoms with Gasteiger partial charge in [0.15, 0.2) is 0 Å². The second kappa shape index (κ2) is 2.20. The molecule has 1 aliphatic carbocycles. The lowest BCUT2D eigenvalue weighted by Crippen LogP contribution is -2.21. The minimum atomic E-state index is -0.225. The largest absolute Gasteiger partial charge is 0.272 e. The van der Waals surface area contributed by atoms with Crippen LogP contribution in [0.25, 0.3) is 0 Å². The fraction of sp³-hybridized carbons (Fsp3) is 0.143. The number of nitrogens with zero attached hydrogens (tertiary/aromatic N) is 1. The van der Waals surface area contributed by atoms with E-state index in [9.17, 15) is 4.79 Å². The van der Waals surface area contributed by atoms with Crippen molar-refractivity contribution >= 4 is 23.2 Å². The average molecular weight is 169 g/mol. The molecule has 1 N–H and O–H groups in total. The van der Waals surface area contributed by atoms with Crippen LogP contribution in [0.5, 0.6) is 0 Å². The molecule has 0 bridgehead atoms. The van der Waals surface area contributed by atoms with Crippen molar-refractivity contribution in [2.75, 3.05) is 0 Å². The average Bonchev–Trinajstić information content (AvgIpc) is 2.32. The van der Waals surface area contributed by atoms with Crippen LogP contribution < -0.4 is 5.43 Å². The summed E-state index contributed by atoms with van der Waals surface area (Å²) in [5.74, 6) is -0.311. The van der Waals surface area contributed by atoms with E-state index >= 15 is 0 Å². The molecule has 1 atom stereocenters. The van der Waals surface area contributed by atoms with Crippen molar-refractivity contribution in [2.45, 2.75) is 0 Å². The van der Waals surface area contributed by atoms with Gasteiger partial charge in [0.25, 0.3) is 5.91 Å². The van der Waals surface area contributed by atoms with Crippen LogP contribution in [0.3, 0.4) is 0 Å². The Morgan fingerprint density at radius 2 is 2.45 bits per heavy atom. The highest BCUT2D eigenvalue weighted by Crippen LogP contribution is 2.19. The molecular weight excluding hydrogens is 164 g/mol. The third-order valence-corrected chi connectivity index (χ3v) is 1.87. The second-order valence-corrected chi connectivity index (χ2v) is 2.82. The van der Waals surface area contributed by atoms with E-state index < -0.39 is 0 Å². The van der Waals surface area contributed by atoms with Gasteiger partial charge in [-0.15, -0.1) is 0 Å². The third kappa shape index (κ3) is 0.973. The Labute approximate surface area is 68.4 Å². The number of nitrogens with one attached hydrogen (secondary N) is 1. The molecule has 1 aliphatic heterocycles. The van der Waals surface area contributed by atoms with Gasteiger partial charge in [0.1, 0.15) is 5.92 Å². The standard InChI is InChI=1S/C7H5ClN2O/c8-4-1-2-5-6(3-4)9-10-7(5)11/h1-3,5H,(H,10,11). The Balaban J connectivity index is 2.38. The van der Waals surface area contributed by atoms with Gasteiger partial charge >= 0.3 is 0 Å². The van der Waals surface area contributed by atoms with Crippen LogP contribution in [0.1, 0.15) is 0 Å². The zero-order valence-electron chi connectivity index (χ0n) is 5.54. The molecule has 0 aromatic carbocycles. The van der Waals surface area contributed by atoms with Crippen molar-refractivity contribution in [2.24, 2.45) is 11.0 Å². The second-order valence-electron chi connectivity index (χ2n) is 2.38. The summed E-state index contributed by atoms with van der Waals surface area (Å²) in [7, 11) is 0. The van der Waals surface area contributed by atoms with Crippen LogP contribution >= 0.6 is 11.6 Å². The van der Waals surface area contributed by atoms with E-state index in [2.05, 4.69) is 10.5 Å². The van der Waals surface area contributed by atoms with E-state index in [1.807, 2.05) is 0 Å². The normalized spacial score (nSPS) is 27.4. The highest BCUT2D eigenvalue weighted by Gasteiger charge is 2.27. The van der Waals surface area contributed by atoms with E-state index in [0.717, 1.165) is 0 Å². The molecule has 0 radical (unpaired) electrons. The first-order valence-corrected chi connectivity index (χ1v) is 3.58. The number of hydrogen-bond donors (Lipinski definition) is 1. The molecule has 2 aliphatic rings. The summed E-state index contributed by atoms with van der Waals surface area (Å²) in [4.78, 5) is 11.0. The Hall–Kier alpha value is -1.09. The van der Waals surface area contributed by atoms with Gasteiger partial charge in [0.05, 0.1) is 5.71 Å². The molecule has 0 aromatic heterocycles. The predicted molar refractivity (Wildman–Crippen MR) is 42.1 cm³/mol. The van der Waals surface area contributed by atoms with Gasteiger partial charge in [-0.3, -0.25) is 4.79 Å². The van der Waals surface area contributed by atoms with Crippen LogP contribution in [-0.2, 0) is 4.79 Å². The monoisotopic (exact) mass is 168 g/mol. The predicted octanol–water partition coefficient (Wildman–Crippen LogP) is 0.781. The van der Waals surface area contributed by atoms with Crippen LogP contribution in [0, 0.1) is 5.92 Å². The molecule has 0 saturated heterocycles. The fourth-order valence-corrected chi connectivity index (χ4v) is 1.26. The van der Waals surface area contributed by atoms with E-state index in [1.165, 1.54) is 0 Å². The highest BCUT2D eigenvalue weighted by molar-refractivity contribution is 6.34. The van der Waals surface area contributed by atoms with Gasteiger partial charge in [-0.25, -0.2) is 5.43 Å². The van der Waals surface area contributed by atoms with Crippen molar-refractivity contribution in [3.05, 3.63) is 23.3 Å². The number of fused-ring (bicyclic) bond motifs is 1. The lowest BCUT2D eigenvalue weighted by atomic mass is 9.99. The quantitative estimate of drug-likeness (QED) is 0.571. The SMILES string of the molecule is O=C1NN=C2C=C(Cl)C=CC12. The van der Waals surface area contributed by atoms with Crippen LogP contribution in [0.2, 0.25) is 0 Å². The topological polar surface area (TPSA) is 41.5 Å². The smallest absolute Gasteiger partial charge is 0.253 e. The summed E-state index contributed by atoms with van der Waals surface area (Å²) in [6.07, 6.45) is 5.13. The Bertz CT molecular complexity index is 304. The van der Waals surface area contributed by atoms with E-state index in [4.69, 9.17) is 11.6 Å². The van der Waals surface area contributed by atoms with E-state index in [1.54, 1.807) is 18.2 Å². The van der Waals surface area contributed by atoms with E-state index in [-0.39, 0.29) is 11.8 Å². The molecule has 0 spiro atoms. The first kappa shape index (κ1) is 6.61. The van der Waals surface area contributed by atoms with Crippen LogP contribution in [0.4, 0.5) is 0 Å². The molecule has 3 nitrogen and oxygen atoms in total. The number of hydrazone groups is 1. The fourth-order valence-electron chi connectivity index (χ4n) is 1.08. The molecule has 0 aromatic rings. The first-order valence-electron chi connectivity index (χ1n) is 3.20.